The maximum absolute atomic E-state index is 12.7. The molecular weight excluding hydrogens is 360 g/mol. The van der Waals surface area contributed by atoms with Gasteiger partial charge in [-0.3, -0.25) is 14.1 Å². The lowest BCUT2D eigenvalue weighted by Crippen LogP contribution is -2.40. The first kappa shape index (κ1) is 16.5. The van der Waals surface area contributed by atoms with Crippen molar-refractivity contribution < 1.29 is 13.2 Å². The molecule has 0 bridgehead atoms. The molecule has 2 aromatic rings. The number of amides is 1. The zero-order valence-corrected chi connectivity index (χ0v) is 15.6. The summed E-state index contributed by atoms with van der Waals surface area (Å²) in [6.45, 7) is 3.23. The van der Waals surface area contributed by atoms with Gasteiger partial charge in [-0.05, 0) is 25.5 Å². The van der Waals surface area contributed by atoms with Crippen LogP contribution in [0.1, 0.15) is 27.6 Å². The number of aromatic nitrogens is 2. The summed E-state index contributed by atoms with van der Waals surface area (Å²) in [6, 6.07) is 3.53. The highest BCUT2D eigenvalue weighted by Gasteiger charge is 2.51. The Balaban J connectivity index is 1.67. The molecule has 1 amide bonds. The van der Waals surface area contributed by atoms with E-state index in [9.17, 15) is 13.2 Å². The van der Waals surface area contributed by atoms with Gasteiger partial charge in [0.2, 0.25) is 10.0 Å². The Morgan fingerprint density at radius 2 is 2.16 bits per heavy atom. The van der Waals surface area contributed by atoms with Crippen LogP contribution in [0.25, 0.3) is 0 Å². The number of carbonyl (C=O) groups excluding carboxylic acids is 1. The van der Waals surface area contributed by atoms with Crippen molar-refractivity contribution in [3.8, 4) is 0 Å². The molecule has 4 rings (SSSR count). The number of anilines is 1. The van der Waals surface area contributed by atoms with Gasteiger partial charge in [-0.1, -0.05) is 0 Å². The van der Waals surface area contributed by atoms with E-state index in [1.165, 1.54) is 21.9 Å². The second-order valence-electron chi connectivity index (χ2n) is 6.65. The normalized spacial score (nSPS) is 22.6. The molecule has 0 aromatic carbocycles. The predicted molar refractivity (Wildman–Crippen MR) is 95.5 cm³/mol. The van der Waals surface area contributed by atoms with Gasteiger partial charge >= 0.3 is 0 Å². The van der Waals surface area contributed by atoms with Crippen LogP contribution in [0.4, 0.5) is 5.69 Å². The van der Waals surface area contributed by atoms with Crippen molar-refractivity contribution in [3.05, 3.63) is 40.1 Å². The third-order valence-electron chi connectivity index (χ3n) is 4.88. The molecule has 1 spiro atoms. The molecule has 1 saturated heterocycles. The molecule has 2 aliphatic heterocycles. The fourth-order valence-electron chi connectivity index (χ4n) is 3.73. The fraction of sp³-hybridized carbons (Fsp3) is 0.438. The first-order valence-corrected chi connectivity index (χ1v) is 10.7. The molecule has 0 radical (unpaired) electrons. The highest BCUT2D eigenvalue weighted by molar-refractivity contribution is 7.92. The first-order valence-electron chi connectivity index (χ1n) is 7.95. The molecule has 132 valence electrons. The number of aryl methyl sites for hydroxylation is 1. The lowest BCUT2D eigenvalue weighted by atomic mass is 9.85. The van der Waals surface area contributed by atoms with Gasteiger partial charge in [-0.15, -0.1) is 11.3 Å². The zero-order chi connectivity index (χ0) is 17.8. The first-order chi connectivity index (χ1) is 11.8. The van der Waals surface area contributed by atoms with Crippen molar-refractivity contribution >= 4 is 33.0 Å². The van der Waals surface area contributed by atoms with E-state index in [4.69, 9.17) is 0 Å². The average molecular weight is 378 g/mol. The van der Waals surface area contributed by atoms with Gasteiger partial charge in [0.25, 0.3) is 5.91 Å². The highest BCUT2D eigenvalue weighted by atomic mass is 32.2. The fourth-order valence-corrected chi connectivity index (χ4v) is 5.30. The van der Waals surface area contributed by atoms with Crippen LogP contribution in [0.3, 0.4) is 0 Å². The summed E-state index contributed by atoms with van der Waals surface area (Å²) >= 11 is 1.45. The number of rotatable bonds is 2. The van der Waals surface area contributed by atoms with Gasteiger partial charge < -0.3 is 4.90 Å². The lowest BCUT2D eigenvalue weighted by molar-refractivity contribution is 0.0779. The van der Waals surface area contributed by atoms with Crippen molar-refractivity contribution in [1.82, 2.24) is 14.9 Å². The summed E-state index contributed by atoms with van der Waals surface area (Å²) in [6.07, 6.45) is 3.58. The van der Waals surface area contributed by atoms with Crippen LogP contribution in [-0.2, 0) is 15.4 Å². The monoisotopic (exact) mass is 378 g/mol. The summed E-state index contributed by atoms with van der Waals surface area (Å²) in [5, 5.41) is 2.63. The van der Waals surface area contributed by atoms with E-state index in [-0.39, 0.29) is 5.91 Å². The molecule has 2 aromatic heterocycles. The zero-order valence-electron chi connectivity index (χ0n) is 14.0. The smallest absolute Gasteiger partial charge is 0.273 e. The van der Waals surface area contributed by atoms with Crippen molar-refractivity contribution in [2.45, 2.75) is 18.8 Å². The summed E-state index contributed by atoms with van der Waals surface area (Å²) in [4.78, 5) is 23.2. The van der Waals surface area contributed by atoms with Gasteiger partial charge in [0.05, 0.1) is 28.1 Å². The standard InChI is InChI=1S/C16H18N4O3S2/c1-11-18-12(8-24-11)15(21)19-7-5-16(9-19)10-20(25(2,22)23)13-4-3-6-17-14(13)16/h3-4,6,8H,5,7,9-10H2,1-2H3/t16-/m0/s1. The molecule has 1 atom stereocenters. The Morgan fingerprint density at radius 1 is 1.36 bits per heavy atom. The van der Waals surface area contributed by atoms with Crippen LogP contribution in [-0.4, -0.2) is 55.1 Å². The molecular formula is C16H18N4O3S2. The number of hydrogen-bond donors (Lipinski definition) is 0. The molecule has 9 heteroatoms. The van der Waals surface area contributed by atoms with Crippen molar-refractivity contribution in [2.24, 2.45) is 0 Å². The molecule has 7 nitrogen and oxygen atoms in total. The number of pyridine rings is 1. The molecule has 0 saturated carbocycles. The Hall–Kier alpha value is -2.00. The number of carbonyl (C=O) groups is 1. The Labute approximate surface area is 150 Å². The van der Waals surface area contributed by atoms with Crippen molar-refractivity contribution in [1.29, 1.82) is 0 Å². The summed E-state index contributed by atoms with van der Waals surface area (Å²) in [5.74, 6) is -0.100. The number of thiazole rings is 1. The topological polar surface area (TPSA) is 83.5 Å². The third kappa shape index (κ3) is 2.62. The van der Waals surface area contributed by atoms with Gasteiger partial charge in [0.15, 0.2) is 0 Å². The van der Waals surface area contributed by atoms with Gasteiger partial charge in [-0.2, -0.15) is 0 Å². The molecule has 1 fully saturated rings. The van der Waals surface area contributed by atoms with Crippen LogP contribution >= 0.6 is 11.3 Å². The summed E-state index contributed by atoms with van der Waals surface area (Å²) in [5.41, 5.74) is 1.41. The quantitative estimate of drug-likeness (QED) is 0.789. The van der Waals surface area contributed by atoms with Crippen molar-refractivity contribution in [2.75, 3.05) is 30.2 Å². The molecule has 0 N–H and O–H groups in total. The highest BCUT2D eigenvalue weighted by Crippen LogP contribution is 2.46. The van der Waals surface area contributed by atoms with Crippen molar-refractivity contribution in [3.63, 3.8) is 0 Å². The number of likely N-dealkylation sites (tertiary alicyclic amines) is 1. The minimum Gasteiger partial charge on any atom is -0.336 e. The Morgan fingerprint density at radius 3 is 2.84 bits per heavy atom. The second-order valence-corrected chi connectivity index (χ2v) is 9.62. The van der Waals surface area contributed by atoms with Gasteiger partial charge in [0.1, 0.15) is 5.69 Å². The average Bonchev–Trinajstić information content (AvgIpc) is 3.26. The van der Waals surface area contributed by atoms with Gasteiger partial charge in [-0.25, -0.2) is 13.4 Å². The number of nitrogens with zero attached hydrogens (tertiary/aromatic N) is 4. The lowest BCUT2D eigenvalue weighted by Gasteiger charge is -2.24. The number of sulfonamides is 1. The van der Waals surface area contributed by atoms with E-state index < -0.39 is 15.4 Å². The van der Waals surface area contributed by atoms with E-state index >= 15 is 0 Å². The molecule has 4 heterocycles. The van der Waals surface area contributed by atoms with E-state index in [0.29, 0.717) is 37.4 Å². The minimum atomic E-state index is -3.39. The Bertz CT molecular complexity index is 956. The second kappa shape index (κ2) is 5.50. The van der Waals surface area contributed by atoms with E-state index in [1.807, 2.05) is 6.92 Å². The third-order valence-corrected chi connectivity index (χ3v) is 6.78. The number of fused-ring (bicyclic) bond motifs is 2. The number of hydrogen-bond acceptors (Lipinski definition) is 6. The molecule has 25 heavy (non-hydrogen) atoms. The summed E-state index contributed by atoms with van der Waals surface area (Å²) in [7, 11) is -3.39. The van der Waals surface area contributed by atoms with E-state index in [2.05, 4.69) is 9.97 Å². The summed E-state index contributed by atoms with van der Waals surface area (Å²) < 4.78 is 25.8. The van der Waals surface area contributed by atoms with E-state index in [1.54, 1.807) is 28.6 Å². The van der Waals surface area contributed by atoms with Gasteiger partial charge in [0, 0.05) is 31.2 Å². The predicted octanol–water partition coefficient (Wildman–Crippen LogP) is 1.41. The molecule has 0 unspecified atom stereocenters. The SMILES string of the molecule is Cc1nc(C(=O)N2CC[C@]3(C2)CN(S(C)(=O)=O)c2cccnc23)cs1. The van der Waals surface area contributed by atoms with Crippen LogP contribution < -0.4 is 4.31 Å². The molecule has 2 aliphatic rings. The van der Waals surface area contributed by atoms with Crippen LogP contribution in [0.5, 0.6) is 0 Å². The van der Waals surface area contributed by atoms with E-state index in [0.717, 1.165) is 10.7 Å². The van der Waals surface area contributed by atoms with Crippen LogP contribution in [0, 0.1) is 6.92 Å². The maximum atomic E-state index is 12.7. The van der Waals surface area contributed by atoms with Crippen LogP contribution in [0.2, 0.25) is 0 Å². The molecule has 0 aliphatic carbocycles. The minimum absolute atomic E-state index is 0.100. The Kier molecular flexibility index (Phi) is 3.62. The van der Waals surface area contributed by atoms with Crippen LogP contribution in [0.15, 0.2) is 23.7 Å². The maximum Gasteiger partial charge on any atom is 0.273 e. The largest absolute Gasteiger partial charge is 0.336 e.